The van der Waals surface area contributed by atoms with E-state index in [0.717, 1.165) is 12.2 Å². The predicted octanol–water partition coefficient (Wildman–Crippen LogP) is -5.45. The minimum absolute atomic E-state index is 0. The van der Waals surface area contributed by atoms with Gasteiger partial charge in [0.15, 0.2) is 0 Å². The standard InChI is InChI=1S/C10H16N2O8.C4H2O3.C3H6.C2H8N2.Na.H2O/c13-7(14)3-5(9(17)18)11-1-2-12-6(10(19)20)4-8(15)16;5-3-1-2-4(6)7-3;1-2-3-1;3-1-2-4;;/h5-6,11-12H,1-4H2,(H,13,14)(H,15,16)(H,17,18)(H,19,20);1-2H;1-3H2;1-4H2;;1H2/q;;;;+1;/p-1. The normalized spacial score (nSPS) is 13.7. The summed E-state index contributed by atoms with van der Waals surface area (Å²) in [5.74, 6) is -6.41. The summed E-state index contributed by atoms with van der Waals surface area (Å²) in [4.78, 5) is 62.1. The average Bonchev–Trinajstić information content (AvgIpc) is 3.58. The van der Waals surface area contributed by atoms with E-state index in [0.29, 0.717) is 13.1 Å². The molecule has 11 N–H and O–H groups in total. The fourth-order valence-electron chi connectivity index (χ4n) is 1.64. The first kappa shape index (κ1) is 40.7. The van der Waals surface area contributed by atoms with Crippen molar-refractivity contribution in [3.8, 4) is 0 Å². The van der Waals surface area contributed by atoms with Crippen LogP contribution in [-0.2, 0) is 33.5 Å². The molecule has 0 saturated heterocycles. The molecule has 2 unspecified atom stereocenters. The van der Waals surface area contributed by atoms with Gasteiger partial charge in [0.1, 0.15) is 12.1 Å². The van der Waals surface area contributed by atoms with Crippen molar-refractivity contribution in [2.75, 3.05) is 26.2 Å². The van der Waals surface area contributed by atoms with Gasteiger partial charge in [-0.2, -0.15) is 0 Å². The molecular weight excluding hydrogens is 499 g/mol. The number of nitrogens with one attached hydrogen (secondary N) is 2. The number of hydrogen-bond donors (Lipinski definition) is 8. The first-order chi connectivity index (χ1) is 15.9. The van der Waals surface area contributed by atoms with Gasteiger partial charge in [-0.15, -0.1) is 0 Å². The Balaban J connectivity index is -0.000000258. The van der Waals surface area contributed by atoms with Crippen LogP contribution in [0.1, 0.15) is 32.1 Å². The molecule has 2 atom stereocenters. The Bertz CT molecular complexity index is 662. The van der Waals surface area contributed by atoms with Crippen molar-refractivity contribution in [3.63, 3.8) is 0 Å². The zero-order valence-electron chi connectivity index (χ0n) is 19.9. The minimum Gasteiger partial charge on any atom is -0.870 e. The molecule has 0 aromatic rings. The van der Waals surface area contributed by atoms with Gasteiger partial charge in [-0.05, 0) is 0 Å². The van der Waals surface area contributed by atoms with Crippen molar-refractivity contribution in [2.45, 2.75) is 44.2 Å². The number of esters is 2. The number of cyclic esters (lactones) is 2. The minimum atomic E-state index is -1.34. The molecule has 2 aliphatic rings. The van der Waals surface area contributed by atoms with Gasteiger partial charge in [0, 0.05) is 38.3 Å². The van der Waals surface area contributed by atoms with E-state index in [1.54, 1.807) is 0 Å². The van der Waals surface area contributed by atoms with Gasteiger partial charge in [-0.25, -0.2) is 9.59 Å². The van der Waals surface area contributed by atoms with Gasteiger partial charge < -0.3 is 52.7 Å². The van der Waals surface area contributed by atoms with Crippen molar-refractivity contribution < 1.29 is 89.0 Å². The summed E-state index contributed by atoms with van der Waals surface area (Å²) in [5.41, 5.74) is 9.81. The summed E-state index contributed by atoms with van der Waals surface area (Å²) in [6, 6.07) is -2.59. The van der Waals surface area contributed by atoms with E-state index in [9.17, 15) is 28.8 Å². The molecular formula is C19H33N4NaO12. The van der Waals surface area contributed by atoms with E-state index in [1.807, 2.05) is 0 Å². The number of carbonyl (C=O) groups excluding carboxylic acids is 2. The molecule has 1 saturated carbocycles. The van der Waals surface area contributed by atoms with Crippen LogP contribution in [-0.4, -0.2) is 100.0 Å². The summed E-state index contributed by atoms with van der Waals surface area (Å²) in [5, 5.41) is 39.2. The number of carboxylic acid groups (broad SMARTS) is 4. The molecule has 16 nitrogen and oxygen atoms in total. The number of hydrogen-bond acceptors (Lipinski definition) is 12. The van der Waals surface area contributed by atoms with Crippen LogP contribution in [0.15, 0.2) is 12.2 Å². The molecule has 0 radical (unpaired) electrons. The molecule has 0 bridgehead atoms. The van der Waals surface area contributed by atoms with Gasteiger partial charge in [-0.3, -0.25) is 19.2 Å². The topological polar surface area (TPSA) is 299 Å². The maximum Gasteiger partial charge on any atom is 1.00 e. The molecule has 1 fully saturated rings. The second-order valence-electron chi connectivity index (χ2n) is 6.60. The average molecular weight is 532 g/mol. The van der Waals surface area contributed by atoms with Crippen LogP contribution in [0, 0.1) is 0 Å². The van der Waals surface area contributed by atoms with Crippen molar-refractivity contribution >= 4 is 35.8 Å². The van der Waals surface area contributed by atoms with E-state index in [2.05, 4.69) is 15.4 Å². The molecule has 0 spiro atoms. The number of aliphatic carboxylic acids is 4. The number of carbonyl (C=O) groups is 6. The van der Waals surface area contributed by atoms with E-state index >= 15 is 0 Å². The Labute approximate surface area is 229 Å². The molecule has 1 aliphatic carbocycles. The van der Waals surface area contributed by atoms with Crippen molar-refractivity contribution in [3.05, 3.63) is 12.2 Å². The van der Waals surface area contributed by atoms with E-state index in [1.165, 1.54) is 19.3 Å². The second-order valence-corrected chi connectivity index (χ2v) is 6.60. The van der Waals surface area contributed by atoms with Gasteiger partial charge in [-0.1, -0.05) is 19.3 Å². The summed E-state index contributed by atoms with van der Waals surface area (Å²) >= 11 is 0. The first-order valence-corrected chi connectivity index (χ1v) is 10.1. The Hall–Kier alpha value is -2.44. The van der Waals surface area contributed by atoms with E-state index < -0.39 is 60.7 Å². The van der Waals surface area contributed by atoms with E-state index in [4.69, 9.17) is 31.9 Å². The zero-order chi connectivity index (χ0) is 26.5. The molecule has 1 heterocycles. The first-order valence-electron chi connectivity index (χ1n) is 10.1. The summed E-state index contributed by atoms with van der Waals surface area (Å²) in [7, 11) is 0. The van der Waals surface area contributed by atoms with Gasteiger partial charge in [0.05, 0.1) is 12.8 Å². The van der Waals surface area contributed by atoms with Crippen molar-refractivity contribution in [2.24, 2.45) is 11.5 Å². The van der Waals surface area contributed by atoms with Gasteiger partial charge in [0.25, 0.3) is 0 Å². The second kappa shape index (κ2) is 25.6. The van der Waals surface area contributed by atoms with Crippen LogP contribution in [0.3, 0.4) is 0 Å². The largest absolute Gasteiger partial charge is 1.00 e. The van der Waals surface area contributed by atoms with Crippen LogP contribution >= 0.6 is 0 Å². The monoisotopic (exact) mass is 532 g/mol. The summed E-state index contributed by atoms with van der Waals surface area (Å²) < 4.78 is 3.97. The van der Waals surface area contributed by atoms with Crippen LogP contribution in [0.2, 0.25) is 0 Å². The van der Waals surface area contributed by atoms with Crippen LogP contribution in [0.25, 0.3) is 0 Å². The summed E-state index contributed by atoms with van der Waals surface area (Å²) in [6.07, 6.45) is 5.43. The van der Waals surface area contributed by atoms with Crippen LogP contribution < -0.4 is 51.7 Å². The van der Waals surface area contributed by atoms with Crippen molar-refractivity contribution in [1.82, 2.24) is 10.6 Å². The number of carboxylic acids is 4. The Morgan fingerprint density at radius 2 is 1.08 bits per heavy atom. The van der Waals surface area contributed by atoms with E-state index in [-0.39, 0.29) is 48.1 Å². The van der Waals surface area contributed by atoms with Crippen LogP contribution in [0.4, 0.5) is 0 Å². The maximum absolute atomic E-state index is 10.7. The maximum atomic E-state index is 10.7. The Morgan fingerprint density at radius 1 is 0.778 bits per heavy atom. The van der Waals surface area contributed by atoms with Crippen molar-refractivity contribution in [1.29, 1.82) is 0 Å². The van der Waals surface area contributed by atoms with Crippen LogP contribution in [0.5, 0.6) is 0 Å². The Morgan fingerprint density at radius 3 is 1.22 bits per heavy atom. The number of ether oxygens (including phenoxy) is 1. The molecule has 2 rings (SSSR count). The smallest absolute Gasteiger partial charge is 0.870 e. The fraction of sp³-hybridized carbons (Fsp3) is 0.579. The zero-order valence-corrected chi connectivity index (χ0v) is 21.9. The van der Waals surface area contributed by atoms with Gasteiger partial charge in [0.2, 0.25) is 0 Å². The molecule has 0 aromatic carbocycles. The number of rotatable bonds is 12. The summed E-state index contributed by atoms with van der Waals surface area (Å²) in [6.45, 7) is 1.15. The number of nitrogens with two attached hydrogens (primary N) is 2. The quantitative estimate of drug-likeness (QED) is 0.0503. The third kappa shape index (κ3) is 29.6. The SMILES string of the molecule is C1CC1.NCCN.O=C(O)CC(NCCNC(CC(=O)O)C(=O)O)C(=O)O.O=C1C=CC(=O)O1.[Na+].[OH-]. The molecule has 36 heavy (non-hydrogen) atoms. The molecule has 1 aliphatic heterocycles. The fourth-order valence-corrected chi connectivity index (χ4v) is 1.64. The van der Waals surface area contributed by atoms with Gasteiger partial charge >= 0.3 is 65.4 Å². The molecule has 202 valence electrons. The third-order valence-corrected chi connectivity index (χ3v) is 3.34. The molecule has 0 amide bonds. The predicted molar refractivity (Wildman–Crippen MR) is 117 cm³/mol. The molecule has 0 aromatic heterocycles. The third-order valence-electron chi connectivity index (χ3n) is 3.34. The molecule has 17 heteroatoms. The Kier molecular flexibility index (Phi) is 29.0.